The van der Waals surface area contributed by atoms with Gasteiger partial charge in [0.05, 0.1) is 6.54 Å². The Morgan fingerprint density at radius 1 is 1.28 bits per heavy atom. The third-order valence-corrected chi connectivity index (χ3v) is 4.79. The van der Waals surface area contributed by atoms with Crippen molar-refractivity contribution >= 4 is 29.9 Å². The number of aliphatic imine (C=N–C) groups is 1. The van der Waals surface area contributed by atoms with Gasteiger partial charge in [-0.3, -0.25) is 4.90 Å². The average molecular weight is 464 g/mol. The van der Waals surface area contributed by atoms with Crippen LogP contribution in [0.25, 0.3) is 0 Å². The van der Waals surface area contributed by atoms with Crippen molar-refractivity contribution in [2.24, 2.45) is 10.9 Å². The molecular weight excluding hydrogens is 437 g/mol. The Morgan fingerprint density at radius 3 is 2.68 bits per heavy atom. The molecule has 25 heavy (non-hydrogen) atoms. The van der Waals surface area contributed by atoms with Gasteiger partial charge in [-0.1, -0.05) is 13.0 Å². The zero-order valence-electron chi connectivity index (χ0n) is 14.8. The van der Waals surface area contributed by atoms with Gasteiger partial charge in [0.15, 0.2) is 5.96 Å². The summed E-state index contributed by atoms with van der Waals surface area (Å²) < 4.78 is 26.7. The number of hydrogen-bond acceptors (Lipinski definition) is 2. The summed E-state index contributed by atoms with van der Waals surface area (Å²) in [7, 11) is 0. The maximum atomic E-state index is 13.7. The highest BCUT2D eigenvalue weighted by Gasteiger charge is 2.38. The van der Waals surface area contributed by atoms with Crippen molar-refractivity contribution in [3.63, 3.8) is 0 Å². The van der Waals surface area contributed by atoms with E-state index in [1.54, 1.807) is 0 Å². The van der Waals surface area contributed by atoms with E-state index in [0.29, 0.717) is 23.5 Å². The van der Waals surface area contributed by atoms with Gasteiger partial charge in [0.25, 0.3) is 0 Å². The van der Waals surface area contributed by atoms with Crippen molar-refractivity contribution in [1.29, 1.82) is 0 Å². The van der Waals surface area contributed by atoms with E-state index in [1.807, 2.05) is 6.92 Å². The van der Waals surface area contributed by atoms with E-state index < -0.39 is 11.6 Å². The van der Waals surface area contributed by atoms with Gasteiger partial charge in [-0.15, -0.1) is 24.0 Å². The lowest BCUT2D eigenvalue weighted by Gasteiger charge is -2.20. The molecule has 1 aromatic rings. The molecule has 1 aromatic carbocycles. The van der Waals surface area contributed by atoms with Gasteiger partial charge in [-0.05, 0) is 31.7 Å². The Morgan fingerprint density at radius 2 is 2.04 bits per heavy atom. The fourth-order valence-electron chi connectivity index (χ4n) is 3.24. The molecule has 1 aliphatic heterocycles. The predicted molar refractivity (Wildman–Crippen MR) is 107 cm³/mol. The molecule has 0 spiro atoms. The van der Waals surface area contributed by atoms with Crippen molar-refractivity contribution < 1.29 is 8.78 Å². The maximum absolute atomic E-state index is 13.7. The highest BCUT2D eigenvalue weighted by atomic mass is 127. The summed E-state index contributed by atoms with van der Waals surface area (Å²) in [6.45, 7) is 7.34. The first-order valence-electron chi connectivity index (χ1n) is 8.79. The number of nitrogens with one attached hydrogen (secondary N) is 2. The van der Waals surface area contributed by atoms with Crippen LogP contribution in [0, 0.1) is 17.6 Å². The normalized spacial score (nSPS) is 24.1. The molecule has 1 heterocycles. The zero-order valence-corrected chi connectivity index (χ0v) is 17.1. The van der Waals surface area contributed by atoms with E-state index >= 15 is 0 Å². The van der Waals surface area contributed by atoms with E-state index in [-0.39, 0.29) is 30.5 Å². The standard InChI is InChI=1S/C18H26F2N4.HI/c1-3-21-18(22-9-13-4-5-14(19)8-16(13)20)23-17-11-24(10-12(17)2)15-6-7-15;/h4-5,8,12,15,17H,3,6-7,9-11H2,1-2H3,(H2,21,22,23);1H. The molecule has 4 nitrogen and oxygen atoms in total. The number of halogens is 3. The van der Waals surface area contributed by atoms with Gasteiger partial charge in [0.1, 0.15) is 11.6 Å². The lowest BCUT2D eigenvalue weighted by molar-refractivity contribution is 0.315. The van der Waals surface area contributed by atoms with Crippen LogP contribution in [0.3, 0.4) is 0 Å². The predicted octanol–water partition coefficient (Wildman–Crippen LogP) is 3.12. The van der Waals surface area contributed by atoms with Crippen LogP contribution in [0.1, 0.15) is 32.3 Å². The fourth-order valence-corrected chi connectivity index (χ4v) is 3.24. The average Bonchev–Trinajstić information content (AvgIpc) is 3.32. The lowest BCUT2D eigenvalue weighted by atomic mass is 10.1. The van der Waals surface area contributed by atoms with Crippen molar-refractivity contribution in [3.05, 3.63) is 35.4 Å². The molecule has 2 unspecified atom stereocenters. The van der Waals surface area contributed by atoms with Crippen molar-refractivity contribution in [2.45, 2.75) is 45.3 Å². The minimum atomic E-state index is -0.565. The lowest BCUT2D eigenvalue weighted by Crippen LogP contribution is -2.46. The summed E-state index contributed by atoms with van der Waals surface area (Å²) in [6.07, 6.45) is 2.63. The monoisotopic (exact) mass is 464 g/mol. The molecule has 0 amide bonds. The topological polar surface area (TPSA) is 39.7 Å². The summed E-state index contributed by atoms with van der Waals surface area (Å²) in [6, 6.07) is 4.73. The SMILES string of the molecule is CCNC(=NCc1ccc(F)cc1F)NC1CN(C2CC2)CC1C.I. The molecule has 2 atom stereocenters. The molecule has 1 saturated carbocycles. The van der Waals surface area contributed by atoms with E-state index in [1.165, 1.54) is 25.0 Å². The van der Waals surface area contributed by atoms with E-state index in [0.717, 1.165) is 31.7 Å². The highest BCUT2D eigenvalue weighted by molar-refractivity contribution is 14.0. The second kappa shape index (κ2) is 9.12. The highest BCUT2D eigenvalue weighted by Crippen LogP contribution is 2.31. The summed E-state index contributed by atoms with van der Waals surface area (Å²) in [4.78, 5) is 7.02. The Kier molecular flexibility index (Phi) is 7.42. The van der Waals surface area contributed by atoms with Crippen LogP contribution in [-0.4, -0.2) is 42.6 Å². The number of hydrogen-bond donors (Lipinski definition) is 2. The molecule has 0 radical (unpaired) electrons. The fraction of sp³-hybridized carbons (Fsp3) is 0.611. The molecular formula is C18H27F2IN4. The molecule has 3 rings (SSSR count). The van der Waals surface area contributed by atoms with Crippen LogP contribution >= 0.6 is 24.0 Å². The molecule has 1 aliphatic carbocycles. The summed E-state index contributed by atoms with van der Waals surface area (Å²) >= 11 is 0. The summed E-state index contributed by atoms with van der Waals surface area (Å²) in [5.74, 6) is 0.127. The number of rotatable bonds is 5. The molecule has 140 valence electrons. The minimum Gasteiger partial charge on any atom is -0.357 e. The van der Waals surface area contributed by atoms with Crippen LogP contribution < -0.4 is 10.6 Å². The Balaban J connectivity index is 0.00000225. The molecule has 0 aromatic heterocycles. The van der Waals surface area contributed by atoms with Gasteiger partial charge in [0, 0.05) is 43.3 Å². The molecule has 7 heteroatoms. The summed E-state index contributed by atoms with van der Waals surface area (Å²) in [5.41, 5.74) is 0.396. The van der Waals surface area contributed by atoms with Gasteiger partial charge < -0.3 is 10.6 Å². The molecule has 2 aliphatic rings. The van der Waals surface area contributed by atoms with Crippen molar-refractivity contribution in [1.82, 2.24) is 15.5 Å². The molecule has 2 fully saturated rings. The number of nitrogens with zero attached hydrogens (tertiary/aromatic N) is 2. The van der Waals surface area contributed by atoms with Crippen LogP contribution in [0.2, 0.25) is 0 Å². The third-order valence-electron chi connectivity index (χ3n) is 4.79. The van der Waals surface area contributed by atoms with Gasteiger partial charge >= 0.3 is 0 Å². The van der Waals surface area contributed by atoms with Gasteiger partial charge in [-0.25, -0.2) is 13.8 Å². The van der Waals surface area contributed by atoms with Gasteiger partial charge in [-0.2, -0.15) is 0 Å². The van der Waals surface area contributed by atoms with E-state index in [2.05, 4.69) is 27.4 Å². The van der Waals surface area contributed by atoms with Crippen LogP contribution in [0.4, 0.5) is 8.78 Å². The largest absolute Gasteiger partial charge is 0.357 e. The second-order valence-electron chi connectivity index (χ2n) is 6.84. The Bertz CT molecular complexity index is 607. The third kappa shape index (κ3) is 5.51. The van der Waals surface area contributed by atoms with Crippen molar-refractivity contribution in [2.75, 3.05) is 19.6 Å². The van der Waals surface area contributed by atoms with Crippen LogP contribution in [0.15, 0.2) is 23.2 Å². The molecule has 1 saturated heterocycles. The Hall–Kier alpha value is -0.960. The Labute approximate surface area is 165 Å². The van der Waals surface area contributed by atoms with Gasteiger partial charge in [0.2, 0.25) is 0 Å². The van der Waals surface area contributed by atoms with Crippen molar-refractivity contribution in [3.8, 4) is 0 Å². The molecule has 2 N–H and O–H groups in total. The van der Waals surface area contributed by atoms with E-state index in [9.17, 15) is 8.78 Å². The smallest absolute Gasteiger partial charge is 0.191 e. The first-order chi connectivity index (χ1) is 11.6. The summed E-state index contributed by atoms with van der Waals surface area (Å²) in [5, 5.41) is 6.70. The van der Waals surface area contributed by atoms with Crippen LogP contribution in [0.5, 0.6) is 0 Å². The second-order valence-corrected chi connectivity index (χ2v) is 6.84. The minimum absolute atomic E-state index is 0. The first kappa shape index (κ1) is 20.4. The number of guanidine groups is 1. The molecule has 0 bridgehead atoms. The maximum Gasteiger partial charge on any atom is 0.191 e. The number of likely N-dealkylation sites (tertiary alicyclic amines) is 1. The quantitative estimate of drug-likeness (QED) is 0.400. The first-order valence-corrected chi connectivity index (χ1v) is 8.79. The zero-order chi connectivity index (χ0) is 17.1. The number of benzene rings is 1. The van der Waals surface area contributed by atoms with E-state index in [4.69, 9.17) is 0 Å². The van der Waals surface area contributed by atoms with Crippen LogP contribution in [-0.2, 0) is 6.54 Å².